The molecule has 1 aliphatic carbocycles. The van der Waals surface area contributed by atoms with Gasteiger partial charge in [0.2, 0.25) is 0 Å². The first-order valence-corrected chi connectivity index (χ1v) is 9.08. The fourth-order valence-electron chi connectivity index (χ4n) is 4.31. The second-order valence-electron chi connectivity index (χ2n) is 7.37. The lowest BCUT2D eigenvalue weighted by Crippen LogP contribution is -2.41. The van der Waals surface area contributed by atoms with Gasteiger partial charge in [0.05, 0.1) is 6.61 Å². The van der Waals surface area contributed by atoms with Gasteiger partial charge in [-0.2, -0.15) is 0 Å². The van der Waals surface area contributed by atoms with E-state index in [0.29, 0.717) is 6.61 Å². The van der Waals surface area contributed by atoms with E-state index in [-0.39, 0.29) is 11.3 Å². The molecule has 2 heterocycles. The van der Waals surface area contributed by atoms with Crippen LogP contribution in [0.3, 0.4) is 0 Å². The zero-order valence-electron chi connectivity index (χ0n) is 13.6. The third-order valence-corrected chi connectivity index (χ3v) is 6.24. The molecule has 1 amide bonds. The molecule has 0 aromatic heterocycles. The van der Waals surface area contributed by atoms with Gasteiger partial charge >= 0.3 is 0 Å². The summed E-state index contributed by atoms with van der Waals surface area (Å²) in [5.41, 5.74) is 2.97. The van der Waals surface area contributed by atoms with Crippen molar-refractivity contribution in [2.75, 3.05) is 19.7 Å². The molecular formula is C18H22BrNO3. The Morgan fingerprint density at radius 1 is 1.35 bits per heavy atom. The maximum Gasteiger partial charge on any atom is 0.254 e. The summed E-state index contributed by atoms with van der Waals surface area (Å²) in [6, 6.07) is 6.46. The Bertz CT molecular complexity index is 660. The van der Waals surface area contributed by atoms with Crippen molar-refractivity contribution < 1.29 is 14.3 Å². The number of carbonyl (C=O) groups excluding carboxylic acids is 1. The molecule has 5 heteroatoms. The third kappa shape index (κ3) is 2.53. The Hall–Kier alpha value is -0.910. The van der Waals surface area contributed by atoms with Crippen molar-refractivity contribution in [3.8, 4) is 0 Å². The summed E-state index contributed by atoms with van der Waals surface area (Å²) in [5, 5.41) is 0. The lowest BCUT2D eigenvalue weighted by Gasteiger charge is -2.26. The van der Waals surface area contributed by atoms with Crippen LogP contribution >= 0.6 is 15.9 Å². The van der Waals surface area contributed by atoms with Gasteiger partial charge in [-0.3, -0.25) is 4.79 Å². The largest absolute Gasteiger partial charge is 0.347 e. The van der Waals surface area contributed by atoms with Crippen LogP contribution in [0.4, 0.5) is 0 Å². The Balaban J connectivity index is 1.53. The molecule has 0 radical (unpaired) electrons. The van der Waals surface area contributed by atoms with E-state index in [9.17, 15) is 4.79 Å². The quantitative estimate of drug-likeness (QED) is 0.752. The van der Waals surface area contributed by atoms with Gasteiger partial charge < -0.3 is 14.4 Å². The van der Waals surface area contributed by atoms with Crippen molar-refractivity contribution in [2.24, 2.45) is 0 Å². The fraction of sp³-hybridized carbons (Fsp3) is 0.611. The fourth-order valence-corrected chi connectivity index (χ4v) is 4.87. The number of amides is 1. The predicted molar refractivity (Wildman–Crippen MR) is 90.2 cm³/mol. The molecule has 0 saturated carbocycles. The molecule has 2 fully saturated rings. The number of halogens is 1. The molecule has 0 N–H and O–H groups in total. The van der Waals surface area contributed by atoms with Crippen molar-refractivity contribution in [1.29, 1.82) is 0 Å². The van der Waals surface area contributed by atoms with Crippen molar-refractivity contribution in [1.82, 2.24) is 4.90 Å². The topological polar surface area (TPSA) is 38.8 Å². The van der Waals surface area contributed by atoms with Gasteiger partial charge in [0.1, 0.15) is 0 Å². The molecular weight excluding hydrogens is 358 g/mol. The zero-order valence-corrected chi connectivity index (χ0v) is 15.2. The van der Waals surface area contributed by atoms with Gasteiger partial charge in [0, 0.05) is 23.0 Å². The number of carbonyl (C=O) groups is 1. The zero-order chi connectivity index (χ0) is 16.2. The van der Waals surface area contributed by atoms with Gasteiger partial charge in [0.15, 0.2) is 11.9 Å². The number of hydrogen-bond donors (Lipinski definition) is 0. The number of hydrogen-bond acceptors (Lipinski definition) is 3. The SMILES string of the molecule is CC1(C)OC[C@@H](C(=O)N2CCC3(CCc4c(Br)cccc43)C2)O1. The smallest absolute Gasteiger partial charge is 0.254 e. The summed E-state index contributed by atoms with van der Waals surface area (Å²) in [6.45, 7) is 5.69. The lowest BCUT2D eigenvalue weighted by molar-refractivity contribution is -0.159. The minimum Gasteiger partial charge on any atom is -0.347 e. The molecule has 124 valence electrons. The summed E-state index contributed by atoms with van der Waals surface area (Å²) in [5.74, 6) is -0.571. The standard InChI is InChI=1S/C18H22BrNO3/c1-17(2)22-10-15(23-17)16(21)20-9-8-18(11-20)7-6-12-13(18)4-3-5-14(12)19/h3-5,15H,6-11H2,1-2H3/t15-,18?/m0/s1. The van der Waals surface area contributed by atoms with E-state index < -0.39 is 11.9 Å². The Kier molecular flexibility index (Phi) is 3.59. The van der Waals surface area contributed by atoms with Gasteiger partial charge in [-0.1, -0.05) is 28.1 Å². The number of nitrogens with zero attached hydrogens (tertiary/aromatic N) is 1. The van der Waals surface area contributed by atoms with Gasteiger partial charge in [-0.15, -0.1) is 0 Å². The van der Waals surface area contributed by atoms with E-state index in [1.807, 2.05) is 18.7 Å². The molecule has 2 aliphatic heterocycles. The molecule has 2 atom stereocenters. The average Bonchev–Trinajstić information content (AvgIpc) is 3.19. The van der Waals surface area contributed by atoms with Gasteiger partial charge in [-0.25, -0.2) is 0 Å². The highest BCUT2D eigenvalue weighted by molar-refractivity contribution is 9.10. The summed E-state index contributed by atoms with van der Waals surface area (Å²) < 4.78 is 12.5. The maximum atomic E-state index is 12.8. The number of fused-ring (bicyclic) bond motifs is 2. The number of ether oxygens (including phenoxy) is 2. The van der Waals surface area contributed by atoms with Gasteiger partial charge in [0.25, 0.3) is 5.91 Å². The van der Waals surface area contributed by atoms with Crippen LogP contribution in [0.15, 0.2) is 22.7 Å². The summed E-state index contributed by atoms with van der Waals surface area (Å²) >= 11 is 3.67. The number of benzene rings is 1. The Labute approximate surface area is 145 Å². The van der Waals surface area contributed by atoms with Crippen LogP contribution in [-0.4, -0.2) is 42.4 Å². The van der Waals surface area contributed by atoms with Crippen molar-refractivity contribution in [3.63, 3.8) is 0 Å². The van der Waals surface area contributed by atoms with Crippen LogP contribution in [0.25, 0.3) is 0 Å². The Morgan fingerprint density at radius 3 is 2.91 bits per heavy atom. The number of rotatable bonds is 1. The monoisotopic (exact) mass is 379 g/mol. The molecule has 3 aliphatic rings. The van der Waals surface area contributed by atoms with E-state index in [2.05, 4.69) is 34.1 Å². The van der Waals surface area contributed by atoms with Crippen LogP contribution < -0.4 is 0 Å². The summed E-state index contributed by atoms with van der Waals surface area (Å²) in [4.78, 5) is 14.7. The normalized spacial score (nSPS) is 31.8. The predicted octanol–water partition coefficient (Wildman–Crippen LogP) is 3.02. The number of likely N-dealkylation sites (tertiary alicyclic amines) is 1. The molecule has 0 bridgehead atoms. The third-order valence-electron chi connectivity index (χ3n) is 5.49. The van der Waals surface area contributed by atoms with Crippen LogP contribution in [0, 0.1) is 0 Å². The lowest BCUT2D eigenvalue weighted by atomic mass is 9.81. The molecule has 1 aromatic carbocycles. The first-order chi connectivity index (χ1) is 10.9. The summed E-state index contributed by atoms with van der Waals surface area (Å²) in [6.07, 6.45) is 2.81. The molecule has 2 saturated heterocycles. The minimum absolute atomic E-state index is 0.0795. The van der Waals surface area contributed by atoms with Crippen LogP contribution in [0.1, 0.15) is 37.8 Å². The van der Waals surface area contributed by atoms with E-state index in [1.54, 1.807) is 0 Å². The van der Waals surface area contributed by atoms with E-state index >= 15 is 0 Å². The first-order valence-electron chi connectivity index (χ1n) is 8.29. The highest BCUT2D eigenvalue weighted by Gasteiger charge is 2.48. The van der Waals surface area contributed by atoms with Crippen molar-refractivity contribution in [3.05, 3.63) is 33.8 Å². The van der Waals surface area contributed by atoms with Gasteiger partial charge in [-0.05, 0) is 50.3 Å². The second kappa shape index (κ2) is 5.30. The second-order valence-corrected chi connectivity index (χ2v) is 8.23. The maximum absolute atomic E-state index is 12.8. The molecule has 1 aromatic rings. The molecule has 1 unspecified atom stereocenters. The van der Waals surface area contributed by atoms with Crippen molar-refractivity contribution >= 4 is 21.8 Å². The molecule has 4 nitrogen and oxygen atoms in total. The highest BCUT2D eigenvalue weighted by Crippen LogP contribution is 2.47. The van der Waals surface area contributed by atoms with E-state index in [1.165, 1.54) is 15.6 Å². The van der Waals surface area contributed by atoms with Crippen molar-refractivity contribution in [2.45, 2.75) is 50.4 Å². The highest BCUT2D eigenvalue weighted by atomic mass is 79.9. The first kappa shape index (κ1) is 15.6. The molecule has 23 heavy (non-hydrogen) atoms. The summed E-state index contributed by atoms with van der Waals surface area (Å²) in [7, 11) is 0. The van der Waals surface area contributed by atoms with Crippen LogP contribution in [0.5, 0.6) is 0 Å². The Morgan fingerprint density at radius 2 is 2.17 bits per heavy atom. The van der Waals surface area contributed by atoms with E-state index in [0.717, 1.165) is 32.4 Å². The van der Waals surface area contributed by atoms with Crippen LogP contribution in [0.2, 0.25) is 0 Å². The molecule has 1 spiro atoms. The average molecular weight is 380 g/mol. The minimum atomic E-state index is -0.650. The van der Waals surface area contributed by atoms with Crippen LogP contribution in [-0.2, 0) is 26.1 Å². The molecule has 4 rings (SSSR count). The van der Waals surface area contributed by atoms with E-state index in [4.69, 9.17) is 9.47 Å².